The number of alkyl halides is 11. The quantitative estimate of drug-likeness (QED) is 0.0886. The average molecular weight is 969 g/mol. The van der Waals surface area contributed by atoms with Gasteiger partial charge in [0.05, 0.1) is 0 Å². The molecule has 1 atom stereocenters. The highest BCUT2D eigenvalue weighted by atomic mass is 32.2. The molecule has 4 aliphatic rings. The Bertz CT molecular complexity index is 1690. The van der Waals surface area contributed by atoms with Crippen molar-refractivity contribution in [3.63, 3.8) is 0 Å². The van der Waals surface area contributed by atoms with Crippen molar-refractivity contribution < 1.29 is 104 Å². The van der Waals surface area contributed by atoms with Gasteiger partial charge in [0.25, 0.3) is 11.8 Å². The summed E-state index contributed by atoms with van der Waals surface area (Å²) < 4.78 is 214. The molecule has 4 rings (SSSR count). The van der Waals surface area contributed by atoms with Gasteiger partial charge in [0.15, 0.2) is 15.7 Å². The first-order chi connectivity index (χ1) is 28.6. The summed E-state index contributed by atoms with van der Waals surface area (Å²) in [6, 6.07) is 0. The van der Waals surface area contributed by atoms with Crippen molar-refractivity contribution in [1.29, 1.82) is 0 Å². The van der Waals surface area contributed by atoms with Gasteiger partial charge in [-0.05, 0) is 44.4 Å². The number of sulfonamides is 2. The second-order valence-corrected chi connectivity index (χ2v) is 19.9. The minimum absolute atomic E-state index is 0.0307. The van der Waals surface area contributed by atoms with Gasteiger partial charge in [-0.25, -0.2) is 49.6 Å². The Balaban J connectivity index is 0.000000336. The maximum Gasteiger partial charge on any atom is 0.377 e. The molecule has 0 radical (unpaired) electrons. The number of piperidine rings is 2. The van der Waals surface area contributed by atoms with Crippen LogP contribution in [-0.2, 0) is 48.6 Å². The molecular weight excluding hydrogens is 917 g/mol. The standard InChI is InChI=1S/C18H27F7N2O6S.C15H24F4N2O6S/c1-12(19)17(22,23)18(24,25)16(20,21)11-33-10-13-2-6-27(7-3-13)34(30,31)15(14(28)26-29)4-8-32-9-5-15;16-12(17)15(18,19)10-27-9-11-1-5-21(6-2-11)28(24,25)14(13(22)20-23)3-7-26-8-4-14/h12-13,29H,2-11H2,1H3,(H,26,28);11-12,23H,1-10H2,(H,20,22). The lowest BCUT2D eigenvalue weighted by Gasteiger charge is -2.40. The topological polar surface area (TPSA) is 210 Å². The molecular formula is C33H51F11N4O12S2. The van der Waals surface area contributed by atoms with Gasteiger partial charge in [-0.2, -0.15) is 35.1 Å². The number of ether oxygens (including phenoxy) is 4. The zero-order chi connectivity index (χ0) is 47.0. The van der Waals surface area contributed by atoms with Gasteiger partial charge in [0.1, 0.15) is 13.2 Å². The predicted octanol–water partition coefficient (Wildman–Crippen LogP) is 3.36. The van der Waals surface area contributed by atoms with Crippen molar-refractivity contribution in [2.75, 3.05) is 79.0 Å². The normalized spacial score (nSPS) is 22.4. The molecule has 4 N–H and O–H groups in total. The fraction of sp³-hybridized carbons (Fsp3) is 0.939. The van der Waals surface area contributed by atoms with Crippen LogP contribution in [0.25, 0.3) is 0 Å². The lowest BCUT2D eigenvalue weighted by Crippen LogP contribution is -2.60. The van der Waals surface area contributed by atoms with Gasteiger partial charge < -0.3 is 18.9 Å². The highest BCUT2D eigenvalue weighted by molar-refractivity contribution is 7.91. The molecule has 0 bridgehead atoms. The van der Waals surface area contributed by atoms with Gasteiger partial charge in [-0.3, -0.25) is 20.0 Å². The number of hydrogen-bond donors (Lipinski definition) is 4. The van der Waals surface area contributed by atoms with Crippen LogP contribution >= 0.6 is 0 Å². The monoisotopic (exact) mass is 968 g/mol. The summed E-state index contributed by atoms with van der Waals surface area (Å²) in [4.78, 5) is 24.4. The fourth-order valence-electron chi connectivity index (χ4n) is 7.30. The number of halogens is 11. The first-order valence-corrected chi connectivity index (χ1v) is 22.1. The van der Waals surface area contributed by atoms with E-state index in [1.54, 1.807) is 0 Å². The Kier molecular flexibility index (Phi) is 18.6. The summed E-state index contributed by atoms with van der Waals surface area (Å²) in [5, 5.41) is 18.0. The molecule has 2 amide bonds. The number of nitrogens with zero attached hydrogens (tertiary/aromatic N) is 2. The fourth-order valence-corrected chi connectivity index (χ4v) is 11.6. The molecule has 4 heterocycles. The second kappa shape index (κ2) is 21.4. The lowest BCUT2D eigenvalue weighted by atomic mass is 9.98. The molecule has 0 aromatic carbocycles. The van der Waals surface area contributed by atoms with Gasteiger partial charge in [-0.1, -0.05) is 0 Å². The number of hydrogen-bond acceptors (Lipinski definition) is 12. The Morgan fingerprint density at radius 1 is 0.677 bits per heavy atom. The van der Waals surface area contributed by atoms with Gasteiger partial charge >= 0.3 is 30.1 Å². The zero-order valence-electron chi connectivity index (χ0n) is 33.3. The van der Waals surface area contributed by atoms with E-state index in [2.05, 4.69) is 4.74 Å². The van der Waals surface area contributed by atoms with E-state index in [0.717, 1.165) is 8.61 Å². The number of nitrogens with one attached hydrogen (secondary N) is 2. The van der Waals surface area contributed by atoms with E-state index in [-0.39, 0.29) is 123 Å². The maximum absolute atomic E-state index is 13.7. The van der Waals surface area contributed by atoms with Crippen LogP contribution in [0.5, 0.6) is 0 Å². The third-order valence-corrected chi connectivity index (χ3v) is 16.7. The molecule has 62 heavy (non-hydrogen) atoms. The number of amides is 2. The number of rotatable bonds is 18. The summed E-state index contributed by atoms with van der Waals surface area (Å²) in [6.45, 7) is -4.38. The molecule has 1 unspecified atom stereocenters. The van der Waals surface area contributed by atoms with Crippen molar-refractivity contribution in [3.8, 4) is 0 Å². The first-order valence-electron chi connectivity index (χ1n) is 19.3. The average Bonchev–Trinajstić information content (AvgIpc) is 3.23. The highest BCUT2D eigenvalue weighted by Gasteiger charge is 2.73. The molecule has 0 aromatic heterocycles. The third-order valence-electron chi connectivity index (χ3n) is 11.4. The molecule has 4 saturated heterocycles. The van der Waals surface area contributed by atoms with E-state index in [9.17, 15) is 74.7 Å². The largest absolute Gasteiger partial charge is 0.381 e. The summed E-state index contributed by atoms with van der Waals surface area (Å²) in [7, 11) is -8.38. The van der Waals surface area contributed by atoms with E-state index in [4.69, 9.17) is 24.6 Å². The molecule has 4 fully saturated rings. The summed E-state index contributed by atoms with van der Waals surface area (Å²) in [5.74, 6) is -24.1. The molecule has 0 saturated carbocycles. The minimum atomic E-state index is -5.99. The molecule has 0 spiro atoms. The lowest BCUT2D eigenvalue weighted by molar-refractivity contribution is -0.332. The van der Waals surface area contributed by atoms with Crippen LogP contribution in [0.15, 0.2) is 0 Å². The van der Waals surface area contributed by atoms with E-state index >= 15 is 0 Å². The summed E-state index contributed by atoms with van der Waals surface area (Å²) in [5.41, 5.74) is 2.80. The molecule has 29 heteroatoms. The second-order valence-electron chi connectivity index (χ2n) is 15.4. The van der Waals surface area contributed by atoms with Crippen LogP contribution in [-0.4, -0.2) is 172 Å². The van der Waals surface area contributed by atoms with Crippen molar-refractivity contribution in [2.45, 2.75) is 104 Å². The van der Waals surface area contributed by atoms with Crippen LogP contribution in [0.2, 0.25) is 0 Å². The van der Waals surface area contributed by atoms with E-state index in [1.165, 1.54) is 11.0 Å². The Labute approximate surface area is 350 Å². The van der Waals surface area contributed by atoms with Crippen LogP contribution in [0.3, 0.4) is 0 Å². The Hall–Kier alpha value is -2.25. The van der Waals surface area contributed by atoms with Crippen LogP contribution < -0.4 is 11.0 Å². The predicted molar refractivity (Wildman–Crippen MR) is 190 cm³/mol. The van der Waals surface area contributed by atoms with Gasteiger partial charge in [-0.15, -0.1) is 0 Å². The zero-order valence-corrected chi connectivity index (χ0v) is 34.9. The van der Waals surface area contributed by atoms with E-state index in [0.29, 0.717) is 0 Å². The molecule has 0 aliphatic carbocycles. The van der Waals surface area contributed by atoms with Crippen LogP contribution in [0.1, 0.15) is 58.3 Å². The Morgan fingerprint density at radius 3 is 1.32 bits per heavy atom. The van der Waals surface area contributed by atoms with E-state index in [1.807, 2.05) is 0 Å². The highest BCUT2D eigenvalue weighted by Crippen LogP contribution is 2.48. The third kappa shape index (κ3) is 11.4. The van der Waals surface area contributed by atoms with Gasteiger partial charge in [0, 0.05) is 91.5 Å². The van der Waals surface area contributed by atoms with Crippen molar-refractivity contribution in [1.82, 2.24) is 19.6 Å². The molecule has 16 nitrogen and oxygen atoms in total. The van der Waals surface area contributed by atoms with Crippen molar-refractivity contribution in [3.05, 3.63) is 0 Å². The molecule has 0 aromatic rings. The van der Waals surface area contributed by atoms with Gasteiger partial charge in [0.2, 0.25) is 20.0 Å². The van der Waals surface area contributed by atoms with Crippen molar-refractivity contribution >= 4 is 31.9 Å². The van der Waals surface area contributed by atoms with E-state index < -0.39 is 103 Å². The smallest absolute Gasteiger partial charge is 0.377 e. The minimum Gasteiger partial charge on any atom is -0.381 e. The molecule has 364 valence electrons. The van der Waals surface area contributed by atoms with Crippen LogP contribution in [0, 0.1) is 11.8 Å². The summed E-state index contributed by atoms with van der Waals surface area (Å²) >= 11 is 0. The first kappa shape index (κ1) is 54.1. The maximum atomic E-state index is 13.7. The number of carbonyl (C=O) groups is 2. The summed E-state index contributed by atoms with van der Waals surface area (Å²) in [6.07, 6.45) is -7.30. The number of carbonyl (C=O) groups excluding carboxylic acids is 2. The van der Waals surface area contributed by atoms with Crippen molar-refractivity contribution in [2.24, 2.45) is 11.8 Å². The molecule has 4 aliphatic heterocycles. The SMILES string of the molecule is CC(F)C(F)(F)C(F)(F)C(F)(F)COCC1CCN(S(=O)(=O)C2(C(=O)NO)CCOCC2)CC1.O=C(NO)C1(S(=O)(=O)N2CCC(COCC(F)(F)C(F)F)CC2)CCOCC1. The Morgan fingerprint density at radius 2 is 1.02 bits per heavy atom. The number of hydroxylamine groups is 2. The van der Waals surface area contributed by atoms with Crippen LogP contribution in [0.4, 0.5) is 48.3 Å².